The molecule has 0 amide bonds. The molecule has 1 saturated heterocycles. The number of ether oxygens (including phenoxy) is 5. The van der Waals surface area contributed by atoms with E-state index in [9.17, 15) is 27.6 Å². The maximum Gasteiger partial charge on any atom is 0.305 e. The van der Waals surface area contributed by atoms with Gasteiger partial charge in [0.05, 0.1) is 11.5 Å². The fourth-order valence-electron chi connectivity index (χ4n) is 3.18. The number of carbonyl (C=O) groups is 4. The van der Waals surface area contributed by atoms with Gasteiger partial charge < -0.3 is 23.7 Å². The van der Waals surface area contributed by atoms with Crippen LogP contribution in [0.3, 0.4) is 0 Å². The Balaban J connectivity index is 2.40. The summed E-state index contributed by atoms with van der Waals surface area (Å²) in [5.74, 6) is -3.33. The minimum absolute atomic E-state index is 0.135. The lowest BCUT2D eigenvalue weighted by molar-refractivity contribution is -0.298. The molecule has 5 atom stereocenters. The molecule has 0 spiro atoms. The molecule has 1 aliphatic rings. The largest absolute Gasteiger partial charge is 0.456 e. The van der Waals surface area contributed by atoms with Crippen molar-refractivity contribution in [1.29, 1.82) is 0 Å². The van der Waals surface area contributed by atoms with Crippen LogP contribution < -0.4 is 0 Å². The zero-order chi connectivity index (χ0) is 25.6. The SMILES string of the molecule is CC(=O)OC1O[C@H](COS(=O)(=O)c2ccc(C)cc2)[C@@H](OC(C)=O)[C@H](OC(C)=O)[C@@H]1OC(C)=O. The molecule has 188 valence electrons. The monoisotopic (exact) mass is 502 g/mol. The van der Waals surface area contributed by atoms with E-state index in [1.54, 1.807) is 19.1 Å². The Kier molecular flexibility index (Phi) is 9.13. The third kappa shape index (κ3) is 7.50. The van der Waals surface area contributed by atoms with Crippen LogP contribution in [0.4, 0.5) is 0 Å². The van der Waals surface area contributed by atoms with Crippen LogP contribution in [0.1, 0.15) is 33.3 Å². The second-order valence-electron chi connectivity index (χ2n) is 7.43. The van der Waals surface area contributed by atoms with Crippen LogP contribution in [0.25, 0.3) is 0 Å². The first kappa shape index (κ1) is 27.2. The normalized spacial score (nSPS) is 24.6. The van der Waals surface area contributed by atoms with Gasteiger partial charge in [-0.05, 0) is 19.1 Å². The van der Waals surface area contributed by atoms with Gasteiger partial charge in [-0.3, -0.25) is 23.4 Å². The van der Waals surface area contributed by atoms with Crippen LogP contribution in [0, 0.1) is 6.92 Å². The van der Waals surface area contributed by atoms with Crippen LogP contribution in [-0.2, 0) is 57.2 Å². The minimum atomic E-state index is -4.26. The third-order valence-electron chi connectivity index (χ3n) is 4.48. The van der Waals surface area contributed by atoms with E-state index in [-0.39, 0.29) is 4.90 Å². The van der Waals surface area contributed by atoms with E-state index < -0.39 is 71.3 Å². The van der Waals surface area contributed by atoms with Crippen molar-refractivity contribution >= 4 is 34.0 Å². The average Bonchev–Trinajstić information content (AvgIpc) is 2.70. The first-order valence-corrected chi connectivity index (χ1v) is 11.5. The number of carbonyl (C=O) groups excluding carboxylic acids is 4. The summed E-state index contributed by atoms with van der Waals surface area (Å²) in [6, 6.07) is 5.84. The van der Waals surface area contributed by atoms with Crippen molar-refractivity contribution in [3.63, 3.8) is 0 Å². The topological polar surface area (TPSA) is 158 Å². The molecule has 12 nitrogen and oxygen atoms in total. The van der Waals surface area contributed by atoms with Crippen LogP contribution in [-0.4, -0.2) is 69.6 Å². The second-order valence-corrected chi connectivity index (χ2v) is 9.04. The summed E-state index contributed by atoms with van der Waals surface area (Å²) in [5, 5.41) is 0. The predicted molar refractivity (Wildman–Crippen MR) is 111 cm³/mol. The van der Waals surface area contributed by atoms with E-state index in [4.69, 9.17) is 27.9 Å². The lowest BCUT2D eigenvalue weighted by atomic mass is 9.98. The van der Waals surface area contributed by atoms with E-state index in [0.29, 0.717) is 0 Å². The molecule has 0 N–H and O–H groups in total. The van der Waals surface area contributed by atoms with Gasteiger partial charge in [-0.15, -0.1) is 0 Å². The number of hydrogen-bond acceptors (Lipinski definition) is 12. The number of benzene rings is 1. The molecule has 0 saturated carbocycles. The number of aryl methyl sites for hydroxylation is 1. The second kappa shape index (κ2) is 11.4. The molecule has 0 aliphatic carbocycles. The van der Waals surface area contributed by atoms with Gasteiger partial charge in [0, 0.05) is 27.7 Å². The van der Waals surface area contributed by atoms with E-state index >= 15 is 0 Å². The maximum absolute atomic E-state index is 12.6. The molecule has 2 rings (SSSR count). The lowest BCUT2D eigenvalue weighted by Crippen LogP contribution is -2.63. The minimum Gasteiger partial charge on any atom is -0.456 e. The van der Waals surface area contributed by atoms with Crippen molar-refractivity contribution in [3.05, 3.63) is 29.8 Å². The Morgan fingerprint density at radius 2 is 1.24 bits per heavy atom. The Bertz CT molecular complexity index is 1020. The lowest BCUT2D eigenvalue weighted by Gasteiger charge is -2.43. The number of rotatable bonds is 8. The van der Waals surface area contributed by atoms with Crippen molar-refractivity contribution < 1.29 is 55.5 Å². The number of esters is 4. The fraction of sp³-hybridized carbons (Fsp3) is 0.524. The smallest absolute Gasteiger partial charge is 0.305 e. The van der Waals surface area contributed by atoms with Crippen LogP contribution in [0.2, 0.25) is 0 Å². The highest BCUT2D eigenvalue weighted by molar-refractivity contribution is 7.86. The molecule has 34 heavy (non-hydrogen) atoms. The van der Waals surface area contributed by atoms with Gasteiger partial charge in [-0.1, -0.05) is 17.7 Å². The van der Waals surface area contributed by atoms with Crippen molar-refractivity contribution in [2.75, 3.05) is 6.61 Å². The first-order chi connectivity index (χ1) is 15.8. The van der Waals surface area contributed by atoms with Gasteiger partial charge in [-0.25, -0.2) is 0 Å². The quantitative estimate of drug-likeness (QED) is 0.280. The standard InChI is InChI=1S/C21H26O12S/c1-11-6-8-16(9-7-11)34(26,27)28-10-17-18(29-12(2)22)19(30-13(3)23)20(31-14(4)24)21(33-17)32-15(5)25/h6-9,17-21H,10H2,1-5H3/t17-,18-,19+,20+,21?/m1/s1. The number of hydrogen-bond donors (Lipinski definition) is 0. The van der Waals surface area contributed by atoms with Gasteiger partial charge in [0.2, 0.25) is 12.4 Å². The molecule has 0 bridgehead atoms. The van der Waals surface area contributed by atoms with E-state index in [1.807, 2.05) is 0 Å². The van der Waals surface area contributed by atoms with Crippen molar-refractivity contribution in [1.82, 2.24) is 0 Å². The molecular weight excluding hydrogens is 476 g/mol. The molecule has 0 aromatic heterocycles. The summed E-state index contributed by atoms with van der Waals surface area (Å²) >= 11 is 0. The summed E-state index contributed by atoms with van der Waals surface area (Å²) in [7, 11) is -4.26. The Morgan fingerprint density at radius 3 is 1.74 bits per heavy atom. The molecule has 1 heterocycles. The Morgan fingerprint density at radius 1 is 0.765 bits per heavy atom. The van der Waals surface area contributed by atoms with E-state index in [2.05, 4.69) is 0 Å². The van der Waals surface area contributed by atoms with Gasteiger partial charge in [0.1, 0.15) is 6.10 Å². The summed E-state index contributed by atoms with van der Waals surface area (Å²) < 4.78 is 56.6. The molecule has 1 fully saturated rings. The molecule has 13 heteroatoms. The Hall–Kier alpha value is -3.03. The van der Waals surface area contributed by atoms with Crippen molar-refractivity contribution in [2.24, 2.45) is 0 Å². The summed E-state index contributed by atoms with van der Waals surface area (Å²) in [6.07, 6.45) is -7.50. The summed E-state index contributed by atoms with van der Waals surface area (Å²) in [6.45, 7) is 5.29. The molecule has 1 aromatic rings. The average molecular weight is 502 g/mol. The molecule has 1 aromatic carbocycles. The highest BCUT2D eigenvalue weighted by atomic mass is 32.2. The molecular formula is C21H26O12S. The van der Waals surface area contributed by atoms with Crippen molar-refractivity contribution in [2.45, 2.75) is 70.2 Å². The third-order valence-corrected chi connectivity index (χ3v) is 5.77. The van der Waals surface area contributed by atoms with Crippen LogP contribution in [0.5, 0.6) is 0 Å². The Labute approximate surface area is 196 Å². The van der Waals surface area contributed by atoms with E-state index in [1.165, 1.54) is 12.1 Å². The van der Waals surface area contributed by atoms with Crippen LogP contribution in [0.15, 0.2) is 29.2 Å². The highest BCUT2D eigenvalue weighted by Crippen LogP contribution is 2.30. The predicted octanol–water partition coefficient (Wildman–Crippen LogP) is 0.783. The van der Waals surface area contributed by atoms with Gasteiger partial charge in [-0.2, -0.15) is 8.42 Å². The zero-order valence-corrected chi connectivity index (χ0v) is 20.0. The molecule has 0 radical (unpaired) electrons. The maximum atomic E-state index is 12.6. The summed E-state index contributed by atoms with van der Waals surface area (Å²) in [4.78, 5) is 46.6. The highest BCUT2D eigenvalue weighted by Gasteiger charge is 2.53. The van der Waals surface area contributed by atoms with Gasteiger partial charge in [0.25, 0.3) is 10.1 Å². The zero-order valence-electron chi connectivity index (χ0n) is 19.2. The van der Waals surface area contributed by atoms with Crippen molar-refractivity contribution in [3.8, 4) is 0 Å². The fourth-order valence-corrected chi connectivity index (χ4v) is 4.10. The van der Waals surface area contributed by atoms with Crippen LogP contribution >= 0.6 is 0 Å². The first-order valence-electron chi connectivity index (χ1n) is 10.1. The van der Waals surface area contributed by atoms with E-state index in [0.717, 1.165) is 33.3 Å². The van der Waals surface area contributed by atoms with Gasteiger partial charge in [0.15, 0.2) is 12.2 Å². The van der Waals surface area contributed by atoms with Gasteiger partial charge >= 0.3 is 23.9 Å². The molecule has 1 aliphatic heterocycles. The molecule has 1 unspecified atom stereocenters. The summed E-state index contributed by atoms with van der Waals surface area (Å²) in [5.41, 5.74) is 0.828.